The number of nitrogens with one attached hydrogen (secondary N) is 1. The molecule has 1 heterocycles. The number of halogens is 1. The quantitative estimate of drug-likeness (QED) is 0.800. The van der Waals surface area contributed by atoms with Crippen molar-refractivity contribution in [3.8, 4) is 0 Å². The van der Waals surface area contributed by atoms with Gasteiger partial charge in [0.2, 0.25) is 5.28 Å². The van der Waals surface area contributed by atoms with Crippen molar-refractivity contribution in [2.45, 2.75) is 40.2 Å². The van der Waals surface area contributed by atoms with Crippen molar-refractivity contribution in [1.29, 1.82) is 0 Å². The molecule has 0 bridgehead atoms. The molecule has 0 radical (unpaired) electrons. The fourth-order valence-corrected chi connectivity index (χ4v) is 1.81. The molecule has 90 valence electrons. The highest BCUT2D eigenvalue weighted by atomic mass is 35.5. The van der Waals surface area contributed by atoms with E-state index in [1.54, 1.807) is 6.07 Å². The molecule has 0 aromatic carbocycles. The maximum absolute atomic E-state index is 5.75. The van der Waals surface area contributed by atoms with Crippen LogP contribution in [0.1, 0.15) is 34.1 Å². The van der Waals surface area contributed by atoms with Gasteiger partial charge in [0.15, 0.2) is 0 Å². The van der Waals surface area contributed by atoms with Gasteiger partial charge in [-0.15, -0.1) is 0 Å². The first kappa shape index (κ1) is 13.0. The van der Waals surface area contributed by atoms with E-state index in [1.165, 1.54) is 0 Å². The third kappa shape index (κ3) is 3.52. The van der Waals surface area contributed by atoms with Crippen LogP contribution in [0.5, 0.6) is 0 Å². The summed E-state index contributed by atoms with van der Waals surface area (Å²) in [6.07, 6.45) is 1.00. The molecular weight excluding hydrogens is 224 g/mol. The van der Waals surface area contributed by atoms with E-state index in [1.807, 2.05) is 0 Å². The Morgan fingerprint density at radius 1 is 1.44 bits per heavy atom. The van der Waals surface area contributed by atoms with E-state index in [4.69, 9.17) is 17.3 Å². The molecule has 5 heteroatoms. The number of anilines is 2. The lowest BCUT2D eigenvalue weighted by Crippen LogP contribution is -2.33. The van der Waals surface area contributed by atoms with Crippen molar-refractivity contribution in [2.75, 3.05) is 11.1 Å². The zero-order chi connectivity index (χ0) is 12.3. The lowest BCUT2D eigenvalue weighted by molar-refractivity contribution is 0.333. The maximum Gasteiger partial charge on any atom is 0.226 e. The number of rotatable bonds is 3. The molecule has 0 amide bonds. The molecule has 1 aromatic heterocycles. The highest BCUT2D eigenvalue weighted by Gasteiger charge is 2.23. The van der Waals surface area contributed by atoms with Gasteiger partial charge in [-0.25, -0.2) is 9.97 Å². The second kappa shape index (κ2) is 4.87. The molecular formula is C11H19ClN4. The van der Waals surface area contributed by atoms with Gasteiger partial charge in [0.1, 0.15) is 11.6 Å². The summed E-state index contributed by atoms with van der Waals surface area (Å²) in [5.74, 6) is 1.06. The Kier molecular flexibility index (Phi) is 3.97. The van der Waals surface area contributed by atoms with E-state index in [0.717, 1.165) is 6.42 Å². The summed E-state index contributed by atoms with van der Waals surface area (Å²) in [4.78, 5) is 7.92. The predicted molar refractivity (Wildman–Crippen MR) is 68.6 cm³/mol. The third-order valence-corrected chi connectivity index (χ3v) is 2.66. The summed E-state index contributed by atoms with van der Waals surface area (Å²) in [7, 11) is 0. The zero-order valence-corrected chi connectivity index (χ0v) is 11.0. The molecule has 0 aliphatic heterocycles. The second-order valence-corrected chi connectivity index (χ2v) is 5.26. The van der Waals surface area contributed by atoms with Crippen LogP contribution in [-0.4, -0.2) is 16.0 Å². The molecule has 1 atom stereocenters. The van der Waals surface area contributed by atoms with Gasteiger partial charge in [-0.1, -0.05) is 27.7 Å². The Balaban J connectivity index is 2.86. The molecule has 4 nitrogen and oxygen atoms in total. The maximum atomic E-state index is 5.75. The van der Waals surface area contributed by atoms with Gasteiger partial charge >= 0.3 is 0 Å². The Bertz CT molecular complexity index is 339. The summed E-state index contributed by atoms with van der Waals surface area (Å²) < 4.78 is 0. The van der Waals surface area contributed by atoms with E-state index in [9.17, 15) is 0 Å². The normalized spacial score (nSPS) is 13.6. The molecule has 0 saturated heterocycles. The van der Waals surface area contributed by atoms with E-state index in [0.29, 0.717) is 17.7 Å². The molecule has 1 rings (SSSR count). The Labute approximate surface area is 102 Å². The monoisotopic (exact) mass is 242 g/mol. The summed E-state index contributed by atoms with van der Waals surface area (Å²) in [5, 5.41) is 3.51. The standard InChI is InChI=1S/C11H19ClN4/c1-5-7(11(2,3)4)14-9-6-8(13)15-10(12)16-9/h6-7H,5H2,1-4H3,(H3,13,14,15,16)/t7-/m1/s1. The van der Waals surface area contributed by atoms with Crippen molar-refractivity contribution >= 4 is 23.2 Å². The number of hydrogen-bond acceptors (Lipinski definition) is 4. The fraction of sp³-hybridized carbons (Fsp3) is 0.636. The van der Waals surface area contributed by atoms with Gasteiger partial charge in [-0.2, -0.15) is 0 Å². The van der Waals surface area contributed by atoms with Crippen molar-refractivity contribution < 1.29 is 0 Å². The van der Waals surface area contributed by atoms with E-state index in [2.05, 4.69) is 43.0 Å². The third-order valence-electron chi connectivity index (χ3n) is 2.49. The SMILES string of the molecule is CC[C@@H](Nc1cc(N)nc(Cl)n1)C(C)(C)C. The van der Waals surface area contributed by atoms with E-state index >= 15 is 0 Å². The minimum atomic E-state index is 0.154. The molecule has 16 heavy (non-hydrogen) atoms. The van der Waals surface area contributed by atoms with Gasteiger partial charge < -0.3 is 11.1 Å². The first-order chi connectivity index (χ1) is 7.32. The first-order valence-electron chi connectivity index (χ1n) is 5.39. The van der Waals surface area contributed by atoms with Gasteiger partial charge in [-0.3, -0.25) is 0 Å². The average Bonchev–Trinajstić information content (AvgIpc) is 2.10. The van der Waals surface area contributed by atoms with Crippen LogP contribution >= 0.6 is 11.6 Å². The highest BCUT2D eigenvalue weighted by Crippen LogP contribution is 2.25. The topological polar surface area (TPSA) is 63.8 Å². The Hall–Kier alpha value is -1.03. The van der Waals surface area contributed by atoms with Crippen molar-refractivity contribution in [3.63, 3.8) is 0 Å². The van der Waals surface area contributed by atoms with Gasteiger partial charge in [0, 0.05) is 12.1 Å². The molecule has 0 saturated carbocycles. The number of nitrogens with two attached hydrogens (primary N) is 1. The van der Waals surface area contributed by atoms with E-state index in [-0.39, 0.29) is 10.7 Å². The number of hydrogen-bond donors (Lipinski definition) is 2. The lowest BCUT2D eigenvalue weighted by atomic mass is 9.85. The van der Waals surface area contributed by atoms with Crippen molar-refractivity contribution in [1.82, 2.24) is 9.97 Å². The number of nitrogens with zero attached hydrogens (tertiary/aromatic N) is 2. The first-order valence-corrected chi connectivity index (χ1v) is 5.77. The van der Waals surface area contributed by atoms with Crippen molar-refractivity contribution in [2.24, 2.45) is 5.41 Å². The summed E-state index contributed by atoms with van der Waals surface area (Å²) in [5.41, 5.74) is 5.76. The predicted octanol–water partition coefficient (Wildman–Crippen LogP) is 2.95. The number of nitrogen functional groups attached to an aromatic ring is 1. The summed E-state index contributed by atoms with van der Waals surface area (Å²) in [6.45, 7) is 8.68. The van der Waals surface area contributed by atoms with Crippen LogP contribution < -0.4 is 11.1 Å². The minimum Gasteiger partial charge on any atom is -0.383 e. The molecule has 1 aromatic rings. The van der Waals surface area contributed by atoms with Crippen LogP contribution in [-0.2, 0) is 0 Å². The van der Waals surface area contributed by atoms with Crippen LogP contribution in [0.4, 0.5) is 11.6 Å². The Morgan fingerprint density at radius 3 is 2.50 bits per heavy atom. The number of aromatic nitrogens is 2. The van der Waals surface area contributed by atoms with Crippen LogP contribution in [0.25, 0.3) is 0 Å². The van der Waals surface area contributed by atoms with Crippen LogP contribution in [0.15, 0.2) is 6.07 Å². The van der Waals surface area contributed by atoms with Gasteiger partial charge in [0.25, 0.3) is 0 Å². The average molecular weight is 243 g/mol. The molecule has 0 unspecified atom stereocenters. The fourth-order valence-electron chi connectivity index (χ4n) is 1.62. The lowest BCUT2D eigenvalue weighted by Gasteiger charge is -2.31. The molecule has 0 spiro atoms. The second-order valence-electron chi connectivity index (χ2n) is 4.92. The smallest absolute Gasteiger partial charge is 0.226 e. The Morgan fingerprint density at radius 2 is 2.06 bits per heavy atom. The highest BCUT2D eigenvalue weighted by molar-refractivity contribution is 6.28. The summed E-state index contributed by atoms with van der Waals surface area (Å²) in [6, 6.07) is 2.01. The minimum absolute atomic E-state index is 0.154. The largest absolute Gasteiger partial charge is 0.383 e. The van der Waals surface area contributed by atoms with E-state index < -0.39 is 0 Å². The molecule has 0 fully saturated rings. The van der Waals surface area contributed by atoms with Crippen LogP contribution in [0.3, 0.4) is 0 Å². The molecule has 0 aliphatic rings. The van der Waals surface area contributed by atoms with Gasteiger partial charge in [0.05, 0.1) is 0 Å². The molecule has 0 aliphatic carbocycles. The summed E-state index contributed by atoms with van der Waals surface area (Å²) >= 11 is 5.75. The van der Waals surface area contributed by atoms with Crippen molar-refractivity contribution in [3.05, 3.63) is 11.3 Å². The van der Waals surface area contributed by atoms with Crippen LogP contribution in [0, 0.1) is 5.41 Å². The van der Waals surface area contributed by atoms with Crippen LogP contribution in [0.2, 0.25) is 5.28 Å². The zero-order valence-electron chi connectivity index (χ0n) is 10.2. The van der Waals surface area contributed by atoms with Gasteiger partial charge in [-0.05, 0) is 23.4 Å². The molecule has 3 N–H and O–H groups in total.